The molecule has 3 nitrogen and oxygen atoms in total. The summed E-state index contributed by atoms with van der Waals surface area (Å²) in [7, 11) is 0. The van der Waals surface area contributed by atoms with Gasteiger partial charge in [-0.1, -0.05) is 35.9 Å². The molecule has 24 heavy (non-hydrogen) atoms. The highest BCUT2D eigenvalue weighted by atomic mass is 16.3. The normalized spacial score (nSPS) is 16.0. The van der Waals surface area contributed by atoms with Crippen molar-refractivity contribution in [3.05, 3.63) is 65.4 Å². The highest BCUT2D eigenvalue weighted by Crippen LogP contribution is 2.24. The monoisotopic (exact) mass is 320 g/mol. The first kappa shape index (κ1) is 15.3. The zero-order valence-electron chi connectivity index (χ0n) is 14.5. The molecule has 0 spiro atoms. The summed E-state index contributed by atoms with van der Waals surface area (Å²) < 4.78 is 5.96. The number of hydrogen-bond acceptors (Lipinski definition) is 3. The third kappa shape index (κ3) is 3.04. The van der Waals surface area contributed by atoms with E-state index >= 15 is 0 Å². The van der Waals surface area contributed by atoms with E-state index in [1.54, 1.807) is 0 Å². The number of rotatable bonds is 3. The van der Waals surface area contributed by atoms with Crippen molar-refractivity contribution < 1.29 is 4.42 Å². The van der Waals surface area contributed by atoms with Gasteiger partial charge in [0, 0.05) is 37.3 Å². The second-order valence-corrected chi connectivity index (χ2v) is 6.80. The molecule has 3 aromatic rings. The van der Waals surface area contributed by atoms with Crippen LogP contribution in [0.3, 0.4) is 0 Å². The number of piperazine rings is 1. The minimum atomic E-state index is 0.898. The molecule has 0 bridgehead atoms. The predicted octanol–water partition coefficient (Wildman–Crippen LogP) is 4.37. The highest BCUT2D eigenvalue weighted by molar-refractivity contribution is 5.77. The number of nitrogens with zero attached hydrogens (tertiary/aromatic N) is 2. The van der Waals surface area contributed by atoms with Gasteiger partial charge in [0.1, 0.15) is 11.3 Å². The first-order valence-electron chi connectivity index (χ1n) is 8.71. The average Bonchev–Trinajstić information content (AvgIpc) is 2.98. The van der Waals surface area contributed by atoms with Crippen LogP contribution in [0, 0.1) is 13.8 Å². The zero-order chi connectivity index (χ0) is 16.5. The minimum absolute atomic E-state index is 0.898. The van der Waals surface area contributed by atoms with Crippen molar-refractivity contribution in [3.63, 3.8) is 0 Å². The van der Waals surface area contributed by atoms with Gasteiger partial charge in [-0.25, -0.2) is 0 Å². The van der Waals surface area contributed by atoms with Crippen LogP contribution in [-0.2, 0) is 6.54 Å². The first-order valence-corrected chi connectivity index (χ1v) is 8.71. The lowest BCUT2D eigenvalue weighted by Gasteiger charge is -2.36. The molecule has 0 radical (unpaired) electrons. The Kier molecular flexibility index (Phi) is 4.03. The van der Waals surface area contributed by atoms with E-state index in [1.165, 1.54) is 22.2 Å². The van der Waals surface area contributed by atoms with Crippen LogP contribution in [0.15, 0.2) is 52.9 Å². The number of hydrogen-bond donors (Lipinski definition) is 0. The summed E-state index contributed by atoms with van der Waals surface area (Å²) in [4.78, 5) is 4.99. The van der Waals surface area contributed by atoms with Crippen LogP contribution in [0.2, 0.25) is 0 Å². The van der Waals surface area contributed by atoms with E-state index < -0.39 is 0 Å². The Morgan fingerprint density at radius 1 is 0.917 bits per heavy atom. The number of aryl methyl sites for hydroxylation is 2. The summed E-state index contributed by atoms with van der Waals surface area (Å²) in [5.74, 6) is 1.07. The van der Waals surface area contributed by atoms with E-state index in [0.717, 1.165) is 44.1 Å². The van der Waals surface area contributed by atoms with Gasteiger partial charge in [0.25, 0.3) is 0 Å². The van der Waals surface area contributed by atoms with Gasteiger partial charge < -0.3 is 9.32 Å². The summed E-state index contributed by atoms with van der Waals surface area (Å²) in [6.45, 7) is 9.56. The Morgan fingerprint density at radius 3 is 2.46 bits per heavy atom. The van der Waals surface area contributed by atoms with Crippen molar-refractivity contribution >= 4 is 16.7 Å². The Balaban J connectivity index is 1.40. The van der Waals surface area contributed by atoms with Crippen LogP contribution in [0.4, 0.5) is 5.69 Å². The predicted molar refractivity (Wildman–Crippen MR) is 99.6 cm³/mol. The molecule has 2 aromatic carbocycles. The average molecular weight is 320 g/mol. The molecular weight excluding hydrogens is 296 g/mol. The van der Waals surface area contributed by atoms with Crippen LogP contribution in [0.5, 0.6) is 0 Å². The second kappa shape index (κ2) is 6.33. The fourth-order valence-electron chi connectivity index (χ4n) is 3.64. The van der Waals surface area contributed by atoms with E-state index in [9.17, 15) is 0 Å². The Bertz CT molecular complexity index is 811. The summed E-state index contributed by atoms with van der Waals surface area (Å²) in [6.07, 6.45) is 0. The number of benzene rings is 2. The first-order chi connectivity index (χ1) is 11.7. The van der Waals surface area contributed by atoms with Crippen molar-refractivity contribution in [3.8, 4) is 0 Å². The summed E-state index contributed by atoms with van der Waals surface area (Å²) >= 11 is 0. The second-order valence-electron chi connectivity index (χ2n) is 6.80. The van der Waals surface area contributed by atoms with Gasteiger partial charge in [0.15, 0.2) is 0 Å². The summed E-state index contributed by atoms with van der Waals surface area (Å²) in [6, 6.07) is 17.2. The quantitative estimate of drug-likeness (QED) is 0.714. The molecule has 0 aliphatic carbocycles. The fraction of sp³-hybridized carbons (Fsp3) is 0.333. The Labute approximate surface area is 143 Å². The van der Waals surface area contributed by atoms with Crippen LogP contribution >= 0.6 is 0 Å². The Morgan fingerprint density at radius 2 is 1.71 bits per heavy atom. The molecule has 0 unspecified atom stereocenters. The van der Waals surface area contributed by atoms with Crippen LogP contribution < -0.4 is 4.90 Å². The molecule has 124 valence electrons. The number of para-hydroxylation sites is 1. The molecule has 3 heteroatoms. The van der Waals surface area contributed by atoms with Crippen molar-refractivity contribution in [2.24, 2.45) is 0 Å². The van der Waals surface area contributed by atoms with Gasteiger partial charge in [0.05, 0.1) is 6.54 Å². The third-order valence-corrected chi connectivity index (χ3v) is 4.92. The molecule has 2 heterocycles. The van der Waals surface area contributed by atoms with E-state index in [4.69, 9.17) is 4.42 Å². The maximum atomic E-state index is 5.96. The highest BCUT2D eigenvalue weighted by Gasteiger charge is 2.19. The van der Waals surface area contributed by atoms with Gasteiger partial charge in [0.2, 0.25) is 0 Å². The van der Waals surface area contributed by atoms with Gasteiger partial charge in [-0.15, -0.1) is 0 Å². The van der Waals surface area contributed by atoms with Gasteiger partial charge in [-0.05, 0) is 37.6 Å². The molecule has 0 N–H and O–H groups in total. The van der Waals surface area contributed by atoms with Crippen molar-refractivity contribution in [2.75, 3.05) is 31.1 Å². The number of furan rings is 1. The van der Waals surface area contributed by atoms with Gasteiger partial charge in [-0.3, -0.25) is 4.90 Å². The molecule has 4 rings (SSSR count). The van der Waals surface area contributed by atoms with E-state index in [-0.39, 0.29) is 0 Å². The molecule has 1 saturated heterocycles. The molecule has 1 aliphatic heterocycles. The summed E-state index contributed by atoms with van der Waals surface area (Å²) in [5.41, 5.74) is 5.07. The van der Waals surface area contributed by atoms with Gasteiger partial charge in [-0.2, -0.15) is 0 Å². The number of anilines is 1. The maximum Gasteiger partial charge on any atom is 0.134 e. The summed E-state index contributed by atoms with van der Waals surface area (Å²) in [5, 5.41) is 1.20. The lowest BCUT2D eigenvalue weighted by Crippen LogP contribution is -2.46. The third-order valence-electron chi connectivity index (χ3n) is 4.92. The fourth-order valence-corrected chi connectivity index (χ4v) is 3.64. The standard InChI is InChI=1S/C21H24N2O/c1-16-7-8-20(17(2)13-16)23-11-9-22(10-12-23)15-19-14-18-5-3-4-6-21(18)24-19/h3-8,13-14H,9-12,15H2,1-2H3. The maximum absolute atomic E-state index is 5.96. The van der Waals surface area contributed by atoms with Gasteiger partial charge >= 0.3 is 0 Å². The molecule has 0 atom stereocenters. The van der Waals surface area contributed by atoms with Crippen LogP contribution in [-0.4, -0.2) is 31.1 Å². The zero-order valence-corrected chi connectivity index (χ0v) is 14.5. The van der Waals surface area contributed by atoms with Crippen molar-refractivity contribution in [1.29, 1.82) is 0 Å². The van der Waals surface area contributed by atoms with E-state index in [1.807, 2.05) is 12.1 Å². The minimum Gasteiger partial charge on any atom is -0.460 e. The molecule has 0 amide bonds. The molecule has 1 aromatic heterocycles. The lowest BCUT2D eigenvalue weighted by atomic mass is 10.1. The topological polar surface area (TPSA) is 19.6 Å². The van der Waals surface area contributed by atoms with E-state index in [0.29, 0.717) is 0 Å². The lowest BCUT2D eigenvalue weighted by molar-refractivity contribution is 0.232. The largest absolute Gasteiger partial charge is 0.460 e. The van der Waals surface area contributed by atoms with E-state index in [2.05, 4.69) is 60.0 Å². The SMILES string of the molecule is Cc1ccc(N2CCN(Cc3cc4ccccc4o3)CC2)c(C)c1. The van der Waals surface area contributed by atoms with Crippen LogP contribution in [0.25, 0.3) is 11.0 Å². The van der Waals surface area contributed by atoms with Crippen LogP contribution in [0.1, 0.15) is 16.9 Å². The molecule has 1 fully saturated rings. The molecule has 1 aliphatic rings. The van der Waals surface area contributed by atoms with Crippen molar-refractivity contribution in [2.45, 2.75) is 20.4 Å². The smallest absolute Gasteiger partial charge is 0.134 e. The molecule has 0 saturated carbocycles. The van der Waals surface area contributed by atoms with Crippen molar-refractivity contribution in [1.82, 2.24) is 4.90 Å². The number of fused-ring (bicyclic) bond motifs is 1. The Hall–Kier alpha value is -2.26. The molecular formula is C21H24N2O.